The molecule has 5 nitrogen and oxygen atoms in total. The molecule has 2 N–H and O–H groups in total. The number of halogens is 1. The highest BCUT2D eigenvalue weighted by atomic mass is 19.1. The molecular formula is C17H24FNO4. The average molecular weight is 325 g/mol. The van der Waals surface area contributed by atoms with Gasteiger partial charge in [0, 0.05) is 6.42 Å². The minimum atomic E-state index is -1.02. The summed E-state index contributed by atoms with van der Waals surface area (Å²) in [7, 11) is 0. The quantitative estimate of drug-likeness (QED) is 0.782. The molecule has 0 fully saturated rings. The molecule has 1 aromatic rings. The first kappa shape index (κ1) is 19.1. The molecule has 1 aromatic carbocycles. The van der Waals surface area contributed by atoms with Crippen LogP contribution in [0, 0.1) is 11.7 Å². The fourth-order valence-corrected chi connectivity index (χ4v) is 1.85. The van der Waals surface area contributed by atoms with Crippen LogP contribution in [0.25, 0.3) is 0 Å². The van der Waals surface area contributed by atoms with Crippen molar-refractivity contribution in [3.63, 3.8) is 0 Å². The zero-order valence-electron chi connectivity index (χ0n) is 13.9. The molecule has 0 aliphatic rings. The fourth-order valence-electron chi connectivity index (χ4n) is 1.85. The first-order valence-electron chi connectivity index (χ1n) is 7.51. The third-order valence-corrected chi connectivity index (χ3v) is 3.11. The molecule has 2 atom stereocenters. The lowest BCUT2D eigenvalue weighted by atomic mass is 10.0. The van der Waals surface area contributed by atoms with Gasteiger partial charge in [-0.2, -0.15) is 0 Å². The minimum Gasteiger partial charge on any atom is -0.458 e. The van der Waals surface area contributed by atoms with Crippen molar-refractivity contribution in [3.05, 3.63) is 35.6 Å². The number of rotatable bonds is 6. The van der Waals surface area contributed by atoms with E-state index in [9.17, 15) is 14.0 Å². The highest BCUT2D eigenvalue weighted by Crippen LogP contribution is 2.14. The van der Waals surface area contributed by atoms with E-state index in [1.54, 1.807) is 39.0 Å². The maximum Gasteiger partial charge on any atom is 0.329 e. The van der Waals surface area contributed by atoms with Crippen LogP contribution in [0.1, 0.15) is 33.3 Å². The summed E-state index contributed by atoms with van der Waals surface area (Å²) in [6.45, 7) is 6.33. The molecule has 128 valence electrons. The molecule has 0 heterocycles. The van der Waals surface area contributed by atoms with Gasteiger partial charge in [0.2, 0.25) is 5.91 Å². The summed E-state index contributed by atoms with van der Waals surface area (Å²) < 4.78 is 19.1. The molecule has 0 aliphatic carbocycles. The summed E-state index contributed by atoms with van der Waals surface area (Å²) in [5.41, 5.74) is -0.418. The van der Waals surface area contributed by atoms with E-state index < -0.39 is 35.3 Å². The Balaban J connectivity index is 2.94. The van der Waals surface area contributed by atoms with Crippen molar-refractivity contribution >= 4 is 11.9 Å². The summed E-state index contributed by atoms with van der Waals surface area (Å²) in [6, 6.07) is 5.03. The molecule has 1 amide bonds. The SMILES string of the molecule is CC(CO)C(=O)NC(Cc1ccccc1F)C(=O)OC(C)(C)C. The number of amides is 1. The van der Waals surface area contributed by atoms with E-state index in [0.717, 1.165) is 0 Å². The van der Waals surface area contributed by atoms with E-state index >= 15 is 0 Å². The highest BCUT2D eigenvalue weighted by Gasteiger charge is 2.28. The molecule has 0 saturated heterocycles. The van der Waals surface area contributed by atoms with Crippen LogP contribution < -0.4 is 5.32 Å². The number of benzene rings is 1. The van der Waals surface area contributed by atoms with Gasteiger partial charge in [-0.05, 0) is 32.4 Å². The number of esters is 1. The predicted molar refractivity (Wildman–Crippen MR) is 84.1 cm³/mol. The second-order valence-electron chi connectivity index (χ2n) is 6.47. The van der Waals surface area contributed by atoms with E-state index in [2.05, 4.69) is 5.32 Å². The third kappa shape index (κ3) is 6.36. The normalized spacial score (nSPS) is 14.0. The molecule has 6 heteroatoms. The van der Waals surface area contributed by atoms with Crippen LogP contribution in [-0.4, -0.2) is 35.2 Å². The summed E-state index contributed by atoms with van der Waals surface area (Å²) in [6.07, 6.45) is -0.0223. The van der Waals surface area contributed by atoms with Crippen molar-refractivity contribution in [3.8, 4) is 0 Å². The molecule has 0 aromatic heterocycles. The fraction of sp³-hybridized carbons (Fsp3) is 0.529. The van der Waals surface area contributed by atoms with E-state index in [-0.39, 0.29) is 13.0 Å². The van der Waals surface area contributed by atoms with E-state index in [1.807, 2.05) is 0 Å². The molecular weight excluding hydrogens is 301 g/mol. The minimum absolute atomic E-state index is 0.0223. The molecule has 1 rings (SSSR count). The van der Waals surface area contributed by atoms with Crippen molar-refractivity contribution in [2.45, 2.75) is 45.8 Å². The molecule has 0 radical (unpaired) electrons. The van der Waals surface area contributed by atoms with Gasteiger partial charge in [-0.1, -0.05) is 25.1 Å². The second kappa shape index (κ2) is 8.06. The van der Waals surface area contributed by atoms with Crippen molar-refractivity contribution in [2.24, 2.45) is 5.92 Å². The number of ether oxygens (including phenoxy) is 1. The standard InChI is InChI=1S/C17H24FNO4/c1-11(10-20)15(21)19-14(16(22)23-17(2,3)4)9-12-7-5-6-8-13(12)18/h5-8,11,14,20H,9-10H2,1-4H3,(H,19,21). The molecule has 0 saturated carbocycles. The number of carbonyl (C=O) groups excluding carboxylic acids is 2. The number of aliphatic hydroxyl groups excluding tert-OH is 1. The lowest BCUT2D eigenvalue weighted by Gasteiger charge is -2.25. The van der Waals surface area contributed by atoms with Crippen molar-refractivity contribution < 1.29 is 23.8 Å². The number of hydrogen-bond donors (Lipinski definition) is 2. The van der Waals surface area contributed by atoms with Crippen molar-refractivity contribution in [1.29, 1.82) is 0 Å². The first-order valence-corrected chi connectivity index (χ1v) is 7.51. The Bertz CT molecular complexity index is 554. The lowest BCUT2D eigenvalue weighted by molar-refractivity contribution is -0.159. The Hall–Kier alpha value is -1.95. The van der Waals surface area contributed by atoms with Gasteiger partial charge in [0.15, 0.2) is 0 Å². The Morgan fingerprint density at radius 2 is 1.91 bits per heavy atom. The highest BCUT2D eigenvalue weighted by molar-refractivity contribution is 5.86. The van der Waals surface area contributed by atoms with Crippen LogP contribution in [0.15, 0.2) is 24.3 Å². The lowest BCUT2D eigenvalue weighted by Crippen LogP contribution is -2.47. The second-order valence-corrected chi connectivity index (χ2v) is 6.47. The van der Waals surface area contributed by atoms with Gasteiger partial charge in [0.25, 0.3) is 0 Å². The predicted octanol–water partition coefficient (Wildman–Crippen LogP) is 1.82. The third-order valence-electron chi connectivity index (χ3n) is 3.11. The molecule has 23 heavy (non-hydrogen) atoms. The van der Waals surface area contributed by atoms with Crippen LogP contribution in [0.4, 0.5) is 4.39 Å². The van der Waals surface area contributed by atoms with Gasteiger partial charge in [-0.3, -0.25) is 4.79 Å². The summed E-state index contributed by atoms with van der Waals surface area (Å²) in [5, 5.41) is 11.6. The number of aliphatic hydroxyl groups is 1. The summed E-state index contributed by atoms with van der Waals surface area (Å²) in [5.74, 6) is -2.25. The van der Waals surface area contributed by atoms with Gasteiger partial charge < -0.3 is 15.2 Å². The Morgan fingerprint density at radius 3 is 2.43 bits per heavy atom. The topological polar surface area (TPSA) is 75.6 Å². The molecule has 2 unspecified atom stereocenters. The van der Waals surface area contributed by atoms with E-state index in [1.165, 1.54) is 13.0 Å². The molecule has 0 aliphatic heterocycles. The number of nitrogens with one attached hydrogen (secondary N) is 1. The van der Waals surface area contributed by atoms with Crippen molar-refractivity contribution in [1.82, 2.24) is 5.32 Å². The zero-order valence-corrected chi connectivity index (χ0v) is 13.9. The Morgan fingerprint density at radius 1 is 1.30 bits per heavy atom. The maximum atomic E-state index is 13.8. The Kier molecular flexibility index (Phi) is 6.69. The smallest absolute Gasteiger partial charge is 0.329 e. The maximum absolute atomic E-state index is 13.8. The number of hydrogen-bond acceptors (Lipinski definition) is 4. The van der Waals surface area contributed by atoms with Gasteiger partial charge in [-0.15, -0.1) is 0 Å². The first-order chi connectivity index (χ1) is 10.6. The van der Waals surface area contributed by atoms with Crippen LogP contribution in [0.2, 0.25) is 0 Å². The largest absolute Gasteiger partial charge is 0.458 e. The molecule has 0 bridgehead atoms. The summed E-state index contributed by atoms with van der Waals surface area (Å²) in [4.78, 5) is 24.3. The van der Waals surface area contributed by atoms with Gasteiger partial charge in [-0.25, -0.2) is 9.18 Å². The van der Waals surface area contributed by atoms with Crippen LogP contribution in [0.5, 0.6) is 0 Å². The van der Waals surface area contributed by atoms with Crippen molar-refractivity contribution in [2.75, 3.05) is 6.61 Å². The van der Waals surface area contributed by atoms with E-state index in [4.69, 9.17) is 9.84 Å². The van der Waals surface area contributed by atoms with Gasteiger partial charge in [0.05, 0.1) is 12.5 Å². The van der Waals surface area contributed by atoms with Gasteiger partial charge >= 0.3 is 5.97 Å². The van der Waals surface area contributed by atoms with Crippen LogP contribution >= 0.6 is 0 Å². The van der Waals surface area contributed by atoms with Crippen LogP contribution in [-0.2, 0) is 20.7 Å². The monoisotopic (exact) mass is 325 g/mol. The van der Waals surface area contributed by atoms with Crippen LogP contribution in [0.3, 0.4) is 0 Å². The Labute approximate surface area is 135 Å². The van der Waals surface area contributed by atoms with E-state index in [0.29, 0.717) is 5.56 Å². The summed E-state index contributed by atoms with van der Waals surface area (Å²) >= 11 is 0. The number of carbonyl (C=O) groups is 2. The van der Waals surface area contributed by atoms with Gasteiger partial charge in [0.1, 0.15) is 17.5 Å². The zero-order chi connectivity index (χ0) is 17.6. The average Bonchev–Trinajstić information content (AvgIpc) is 2.45. The molecule has 0 spiro atoms.